The van der Waals surface area contributed by atoms with Gasteiger partial charge in [-0.2, -0.15) is 0 Å². The summed E-state index contributed by atoms with van der Waals surface area (Å²) in [5.41, 5.74) is 7.24. The topological polar surface area (TPSA) is 66.6 Å². The molecular formula is C12H15N3O2. The molecule has 0 aromatic heterocycles. The van der Waals surface area contributed by atoms with Gasteiger partial charge in [0, 0.05) is 32.4 Å². The highest BCUT2D eigenvalue weighted by atomic mass is 16.2. The van der Waals surface area contributed by atoms with Crippen LogP contribution in [-0.2, 0) is 16.1 Å². The minimum Gasteiger partial charge on any atom is -0.336 e. The summed E-state index contributed by atoms with van der Waals surface area (Å²) >= 11 is 0. The van der Waals surface area contributed by atoms with Crippen molar-refractivity contribution in [2.75, 3.05) is 25.0 Å². The van der Waals surface area contributed by atoms with Crippen LogP contribution in [-0.4, -0.2) is 36.9 Å². The Morgan fingerprint density at radius 1 is 1.24 bits per heavy atom. The molecule has 1 aromatic carbocycles. The molecule has 1 heterocycles. The van der Waals surface area contributed by atoms with Gasteiger partial charge in [-0.05, 0) is 17.7 Å². The number of piperazine rings is 1. The molecule has 0 bridgehead atoms. The number of nitrogens with two attached hydrogens (primary N) is 1. The van der Waals surface area contributed by atoms with E-state index in [1.54, 1.807) is 7.05 Å². The third-order valence-electron chi connectivity index (χ3n) is 2.89. The number of hydrogen-bond donors (Lipinski definition) is 1. The lowest BCUT2D eigenvalue weighted by atomic mass is 10.1. The number of rotatable bonds is 2. The van der Waals surface area contributed by atoms with Crippen molar-refractivity contribution < 1.29 is 9.59 Å². The molecule has 5 nitrogen and oxygen atoms in total. The molecule has 1 saturated heterocycles. The van der Waals surface area contributed by atoms with Crippen molar-refractivity contribution in [3.8, 4) is 0 Å². The quantitative estimate of drug-likeness (QED) is 0.728. The van der Waals surface area contributed by atoms with E-state index in [-0.39, 0.29) is 0 Å². The third kappa shape index (κ3) is 2.14. The second-order valence-corrected chi connectivity index (χ2v) is 4.06. The van der Waals surface area contributed by atoms with Crippen molar-refractivity contribution in [3.63, 3.8) is 0 Å². The molecule has 17 heavy (non-hydrogen) atoms. The molecule has 0 radical (unpaired) electrons. The van der Waals surface area contributed by atoms with Crippen LogP contribution in [0.1, 0.15) is 5.56 Å². The van der Waals surface area contributed by atoms with E-state index in [9.17, 15) is 9.59 Å². The van der Waals surface area contributed by atoms with Gasteiger partial charge in [0.05, 0.1) is 0 Å². The van der Waals surface area contributed by atoms with Crippen molar-refractivity contribution in [1.29, 1.82) is 0 Å². The first-order valence-corrected chi connectivity index (χ1v) is 5.49. The highest BCUT2D eigenvalue weighted by Gasteiger charge is 2.31. The predicted octanol–water partition coefficient (Wildman–Crippen LogP) is -0.0497. The number of likely N-dealkylation sites (N-methyl/N-ethyl adjacent to an activating group) is 1. The summed E-state index contributed by atoms with van der Waals surface area (Å²) in [5, 5.41) is 0. The van der Waals surface area contributed by atoms with Crippen molar-refractivity contribution in [2.24, 2.45) is 5.73 Å². The molecule has 2 N–H and O–H groups in total. The molecule has 0 spiro atoms. The van der Waals surface area contributed by atoms with Gasteiger partial charge in [-0.3, -0.25) is 9.59 Å². The molecule has 5 heteroatoms. The molecule has 1 aromatic rings. The number of benzene rings is 1. The van der Waals surface area contributed by atoms with Crippen LogP contribution in [0.5, 0.6) is 0 Å². The number of carbonyl (C=O) groups excluding carboxylic acids is 2. The average Bonchev–Trinajstić information content (AvgIpc) is 2.36. The summed E-state index contributed by atoms with van der Waals surface area (Å²) in [6.07, 6.45) is 0. The standard InChI is InChI=1S/C12H15N3O2/c1-14-5-6-15(12(17)11(14)16)10-4-2-3-9(7-10)8-13/h2-4,7H,5-6,8,13H2,1H3. The smallest absolute Gasteiger partial charge is 0.316 e. The molecule has 0 unspecified atom stereocenters. The number of carbonyl (C=O) groups is 2. The molecular weight excluding hydrogens is 218 g/mol. The zero-order valence-electron chi connectivity index (χ0n) is 9.72. The number of amides is 2. The Hall–Kier alpha value is -1.88. The van der Waals surface area contributed by atoms with Gasteiger partial charge in [-0.25, -0.2) is 0 Å². The van der Waals surface area contributed by atoms with E-state index in [1.165, 1.54) is 9.80 Å². The fraction of sp³-hybridized carbons (Fsp3) is 0.333. The first kappa shape index (κ1) is 11.6. The third-order valence-corrected chi connectivity index (χ3v) is 2.89. The first-order chi connectivity index (χ1) is 8.13. The highest BCUT2D eigenvalue weighted by molar-refractivity contribution is 6.40. The molecule has 0 aliphatic carbocycles. The fourth-order valence-electron chi connectivity index (χ4n) is 1.83. The van der Waals surface area contributed by atoms with Crippen LogP contribution in [0.2, 0.25) is 0 Å². The maximum absolute atomic E-state index is 11.8. The normalized spacial score (nSPS) is 16.6. The second-order valence-electron chi connectivity index (χ2n) is 4.06. The SMILES string of the molecule is CN1CCN(c2cccc(CN)c2)C(=O)C1=O. The van der Waals surface area contributed by atoms with Crippen molar-refractivity contribution in [1.82, 2.24) is 4.90 Å². The summed E-state index contributed by atoms with van der Waals surface area (Å²) in [5.74, 6) is -0.942. The fourth-order valence-corrected chi connectivity index (χ4v) is 1.83. The van der Waals surface area contributed by atoms with Crippen LogP contribution < -0.4 is 10.6 Å². The van der Waals surface area contributed by atoms with Crippen molar-refractivity contribution in [2.45, 2.75) is 6.54 Å². The molecule has 0 saturated carbocycles. The second kappa shape index (κ2) is 4.55. The Morgan fingerprint density at radius 2 is 2.00 bits per heavy atom. The monoisotopic (exact) mass is 233 g/mol. The summed E-state index contributed by atoms with van der Waals surface area (Å²) in [7, 11) is 1.63. The number of nitrogens with zero attached hydrogens (tertiary/aromatic N) is 2. The van der Waals surface area contributed by atoms with Gasteiger partial charge in [0.15, 0.2) is 0 Å². The van der Waals surface area contributed by atoms with Gasteiger partial charge in [-0.1, -0.05) is 12.1 Å². The maximum Gasteiger partial charge on any atom is 0.316 e. The largest absolute Gasteiger partial charge is 0.336 e. The van der Waals surface area contributed by atoms with Gasteiger partial charge in [0.2, 0.25) is 0 Å². The van der Waals surface area contributed by atoms with Gasteiger partial charge in [0.25, 0.3) is 0 Å². The maximum atomic E-state index is 11.8. The molecule has 2 amide bonds. The molecule has 1 fully saturated rings. The summed E-state index contributed by atoms with van der Waals surface area (Å²) in [4.78, 5) is 26.4. The molecule has 1 aliphatic heterocycles. The van der Waals surface area contributed by atoms with Crippen LogP contribution in [0.25, 0.3) is 0 Å². The zero-order valence-corrected chi connectivity index (χ0v) is 9.72. The summed E-state index contributed by atoms with van der Waals surface area (Å²) in [6.45, 7) is 1.50. The van der Waals surface area contributed by atoms with Crippen molar-refractivity contribution >= 4 is 17.5 Å². The Balaban J connectivity index is 2.27. The van der Waals surface area contributed by atoms with Crippen molar-refractivity contribution in [3.05, 3.63) is 29.8 Å². The average molecular weight is 233 g/mol. The number of anilines is 1. The molecule has 1 aliphatic rings. The van der Waals surface area contributed by atoms with Crippen LogP contribution in [0.4, 0.5) is 5.69 Å². The van der Waals surface area contributed by atoms with Gasteiger partial charge in [0.1, 0.15) is 0 Å². The minimum atomic E-state index is -0.479. The lowest BCUT2D eigenvalue weighted by molar-refractivity contribution is -0.145. The molecule has 0 atom stereocenters. The number of hydrogen-bond acceptors (Lipinski definition) is 3. The first-order valence-electron chi connectivity index (χ1n) is 5.49. The lowest BCUT2D eigenvalue weighted by Gasteiger charge is -2.31. The lowest BCUT2D eigenvalue weighted by Crippen LogP contribution is -2.53. The van der Waals surface area contributed by atoms with E-state index in [4.69, 9.17) is 5.73 Å². The van der Waals surface area contributed by atoms with Gasteiger partial charge < -0.3 is 15.5 Å². The Kier molecular flexibility index (Phi) is 3.10. The van der Waals surface area contributed by atoms with E-state index in [0.29, 0.717) is 19.6 Å². The van der Waals surface area contributed by atoms with E-state index in [0.717, 1.165) is 11.3 Å². The minimum absolute atomic E-state index is 0.420. The Bertz CT molecular complexity index is 459. The predicted molar refractivity (Wildman–Crippen MR) is 64.3 cm³/mol. The Morgan fingerprint density at radius 3 is 2.71 bits per heavy atom. The van der Waals surface area contributed by atoms with E-state index >= 15 is 0 Å². The van der Waals surface area contributed by atoms with Gasteiger partial charge in [-0.15, -0.1) is 0 Å². The van der Waals surface area contributed by atoms with Crippen LogP contribution in [0, 0.1) is 0 Å². The highest BCUT2D eigenvalue weighted by Crippen LogP contribution is 2.18. The van der Waals surface area contributed by atoms with Crippen LogP contribution in [0.3, 0.4) is 0 Å². The summed E-state index contributed by atoms with van der Waals surface area (Å²) < 4.78 is 0. The van der Waals surface area contributed by atoms with E-state index in [1.807, 2.05) is 24.3 Å². The van der Waals surface area contributed by atoms with E-state index in [2.05, 4.69) is 0 Å². The van der Waals surface area contributed by atoms with E-state index < -0.39 is 11.8 Å². The van der Waals surface area contributed by atoms with Crippen LogP contribution >= 0.6 is 0 Å². The summed E-state index contributed by atoms with van der Waals surface area (Å²) in [6, 6.07) is 7.39. The van der Waals surface area contributed by atoms with Crippen LogP contribution in [0.15, 0.2) is 24.3 Å². The zero-order chi connectivity index (χ0) is 12.4. The molecule has 2 rings (SSSR count). The Labute approximate surface area is 99.8 Å². The molecule has 90 valence electrons. The van der Waals surface area contributed by atoms with Gasteiger partial charge >= 0.3 is 11.8 Å².